The molecule has 2 N–H and O–H groups in total. The van der Waals surface area contributed by atoms with Crippen molar-refractivity contribution < 1.29 is 10.2 Å². The maximum atomic E-state index is 9.78. The van der Waals surface area contributed by atoms with Gasteiger partial charge in [-0.05, 0) is 29.7 Å². The highest BCUT2D eigenvalue weighted by Crippen LogP contribution is 2.23. The quantitative estimate of drug-likeness (QED) is 0.732. The van der Waals surface area contributed by atoms with Crippen LogP contribution < -0.4 is 0 Å². The van der Waals surface area contributed by atoms with Gasteiger partial charge in [0.15, 0.2) is 0 Å². The molecule has 0 unspecified atom stereocenters. The smallest absolute Gasteiger partial charge is 0.121 e. The minimum Gasteiger partial charge on any atom is -0.393 e. The van der Waals surface area contributed by atoms with Crippen LogP contribution in [0.15, 0.2) is 54.6 Å². The van der Waals surface area contributed by atoms with Crippen LogP contribution in [0.4, 0.5) is 0 Å². The lowest BCUT2D eigenvalue weighted by molar-refractivity contribution is 0.0915. The van der Waals surface area contributed by atoms with Gasteiger partial charge in [0, 0.05) is 19.6 Å². The van der Waals surface area contributed by atoms with Crippen LogP contribution in [0.25, 0.3) is 11.1 Å². The molecule has 0 bridgehead atoms. The molecule has 27 heavy (non-hydrogen) atoms. The number of hydrogen-bond donors (Lipinski definition) is 2. The van der Waals surface area contributed by atoms with E-state index in [0.29, 0.717) is 5.69 Å². The minimum absolute atomic E-state index is 0.298. The fourth-order valence-electron chi connectivity index (χ4n) is 3.62. The maximum Gasteiger partial charge on any atom is 0.121 e. The molecule has 0 fully saturated rings. The molecule has 0 aliphatic carbocycles. The molecule has 3 aromatic rings. The third-order valence-corrected chi connectivity index (χ3v) is 5.12. The fourth-order valence-corrected chi connectivity index (χ4v) is 3.62. The predicted molar refractivity (Wildman–Crippen MR) is 105 cm³/mol. The van der Waals surface area contributed by atoms with E-state index >= 15 is 0 Å². The van der Waals surface area contributed by atoms with Crippen LogP contribution in [-0.4, -0.2) is 38.0 Å². The zero-order valence-electron chi connectivity index (χ0n) is 15.5. The van der Waals surface area contributed by atoms with Crippen molar-refractivity contribution in [2.45, 2.75) is 32.7 Å². The Morgan fingerprint density at radius 2 is 1.85 bits per heavy atom. The minimum atomic E-state index is -0.897. The highest BCUT2D eigenvalue weighted by Gasteiger charge is 2.20. The Hall–Kier alpha value is -2.47. The number of benzene rings is 2. The Kier molecular flexibility index (Phi) is 5.07. The lowest BCUT2D eigenvalue weighted by Gasteiger charge is -2.27. The van der Waals surface area contributed by atoms with E-state index < -0.39 is 6.10 Å². The first-order chi connectivity index (χ1) is 13.1. The molecule has 1 atom stereocenters. The molecule has 0 amide bonds. The topological polar surface area (TPSA) is 61.5 Å². The van der Waals surface area contributed by atoms with E-state index in [-0.39, 0.29) is 6.61 Å². The standard InChI is InChI=1S/C22H25N3O2/c1-16-3-2-4-19(11-16)18-7-5-17(6-8-18)13-24-9-10-25-20(14-24)12-21(23-25)22(27)15-26/h2-8,11-12,22,26-27H,9-10,13-15H2,1H3/t22-/m0/s1. The summed E-state index contributed by atoms with van der Waals surface area (Å²) in [6, 6.07) is 19.2. The first-order valence-corrected chi connectivity index (χ1v) is 9.36. The lowest BCUT2D eigenvalue weighted by Crippen LogP contribution is -2.33. The van der Waals surface area contributed by atoms with Gasteiger partial charge in [-0.3, -0.25) is 9.58 Å². The summed E-state index contributed by atoms with van der Waals surface area (Å²) >= 11 is 0. The first-order valence-electron chi connectivity index (χ1n) is 9.36. The Morgan fingerprint density at radius 1 is 1.04 bits per heavy atom. The second kappa shape index (κ2) is 7.64. The number of rotatable bonds is 5. The van der Waals surface area contributed by atoms with Crippen LogP contribution >= 0.6 is 0 Å². The van der Waals surface area contributed by atoms with E-state index in [1.165, 1.54) is 22.3 Å². The summed E-state index contributed by atoms with van der Waals surface area (Å²) in [5, 5.41) is 23.3. The van der Waals surface area contributed by atoms with Crippen molar-refractivity contribution in [1.82, 2.24) is 14.7 Å². The Labute approximate surface area is 159 Å². The van der Waals surface area contributed by atoms with Crippen molar-refractivity contribution >= 4 is 0 Å². The summed E-state index contributed by atoms with van der Waals surface area (Å²) in [5.74, 6) is 0. The molecule has 5 nitrogen and oxygen atoms in total. The summed E-state index contributed by atoms with van der Waals surface area (Å²) in [4.78, 5) is 2.38. The SMILES string of the molecule is Cc1cccc(-c2ccc(CN3CCn4nc([C@@H](O)CO)cc4C3)cc2)c1. The van der Waals surface area contributed by atoms with Crippen LogP contribution in [0.5, 0.6) is 0 Å². The summed E-state index contributed by atoms with van der Waals surface area (Å²) in [7, 11) is 0. The fraction of sp³-hybridized carbons (Fsp3) is 0.318. The number of aromatic nitrogens is 2. The second-order valence-electron chi connectivity index (χ2n) is 7.26. The zero-order valence-corrected chi connectivity index (χ0v) is 15.5. The van der Waals surface area contributed by atoms with Gasteiger partial charge in [-0.2, -0.15) is 5.10 Å². The molecule has 5 heteroatoms. The molecular formula is C22H25N3O2. The van der Waals surface area contributed by atoms with E-state index in [1.807, 2.05) is 10.7 Å². The zero-order chi connectivity index (χ0) is 18.8. The van der Waals surface area contributed by atoms with E-state index in [2.05, 4.69) is 65.5 Å². The number of aliphatic hydroxyl groups excluding tert-OH is 2. The summed E-state index contributed by atoms with van der Waals surface area (Å²) in [6.07, 6.45) is -0.897. The van der Waals surface area contributed by atoms with Gasteiger partial charge in [0.1, 0.15) is 6.10 Å². The van der Waals surface area contributed by atoms with Gasteiger partial charge in [0.25, 0.3) is 0 Å². The van der Waals surface area contributed by atoms with Crippen LogP contribution in [0.2, 0.25) is 0 Å². The van der Waals surface area contributed by atoms with Crippen molar-refractivity contribution in [3.8, 4) is 11.1 Å². The summed E-state index contributed by atoms with van der Waals surface area (Å²) in [5.41, 5.74) is 6.68. The first kappa shape index (κ1) is 17.9. The van der Waals surface area contributed by atoms with Crippen molar-refractivity contribution in [3.05, 3.63) is 77.1 Å². The van der Waals surface area contributed by atoms with Gasteiger partial charge in [0.05, 0.1) is 24.5 Å². The third kappa shape index (κ3) is 3.95. The van der Waals surface area contributed by atoms with E-state index in [9.17, 15) is 5.11 Å². The molecule has 4 rings (SSSR count). The average Bonchev–Trinajstić information content (AvgIpc) is 3.11. The number of aliphatic hydroxyl groups is 2. The second-order valence-corrected chi connectivity index (χ2v) is 7.26. The Balaban J connectivity index is 1.43. The monoisotopic (exact) mass is 363 g/mol. The van der Waals surface area contributed by atoms with Gasteiger partial charge < -0.3 is 10.2 Å². The Bertz CT molecular complexity index is 918. The molecule has 0 saturated carbocycles. The number of fused-ring (bicyclic) bond motifs is 1. The van der Waals surface area contributed by atoms with Crippen LogP contribution in [0.3, 0.4) is 0 Å². The molecule has 0 spiro atoms. The normalized spacial score (nSPS) is 15.5. The maximum absolute atomic E-state index is 9.78. The largest absolute Gasteiger partial charge is 0.393 e. The van der Waals surface area contributed by atoms with Crippen LogP contribution in [0, 0.1) is 6.92 Å². The third-order valence-electron chi connectivity index (χ3n) is 5.12. The van der Waals surface area contributed by atoms with Crippen molar-refractivity contribution in [2.75, 3.05) is 13.2 Å². The van der Waals surface area contributed by atoms with E-state index in [4.69, 9.17) is 5.11 Å². The predicted octanol–water partition coefficient (Wildman–Crippen LogP) is 2.90. The lowest BCUT2D eigenvalue weighted by atomic mass is 10.0. The van der Waals surface area contributed by atoms with Crippen LogP contribution in [-0.2, 0) is 19.6 Å². The van der Waals surface area contributed by atoms with Gasteiger partial charge in [0.2, 0.25) is 0 Å². The molecule has 1 aromatic heterocycles. The molecule has 1 aliphatic rings. The number of nitrogens with zero attached hydrogens (tertiary/aromatic N) is 3. The van der Waals surface area contributed by atoms with Gasteiger partial charge in [-0.15, -0.1) is 0 Å². The molecule has 0 saturated heterocycles. The number of hydrogen-bond acceptors (Lipinski definition) is 4. The average molecular weight is 363 g/mol. The van der Waals surface area contributed by atoms with Crippen molar-refractivity contribution in [2.24, 2.45) is 0 Å². The highest BCUT2D eigenvalue weighted by molar-refractivity contribution is 5.64. The van der Waals surface area contributed by atoms with Gasteiger partial charge in [-0.25, -0.2) is 0 Å². The van der Waals surface area contributed by atoms with Crippen molar-refractivity contribution in [1.29, 1.82) is 0 Å². The van der Waals surface area contributed by atoms with E-state index in [1.54, 1.807) is 0 Å². The molecule has 2 aromatic carbocycles. The molecule has 2 heterocycles. The summed E-state index contributed by atoms with van der Waals surface area (Å²) in [6.45, 7) is 5.22. The Morgan fingerprint density at radius 3 is 2.59 bits per heavy atom. The molecular weight excluding hydrogens is 338 g/mol. The van der Waals surface area contributed by atoms with Crippen molar-refractivity contribution in [3.63, 3.8) is 0 Å². The molecule has 1 aliphatic heterocycles. The molecule has 140 valence electrons. The van der Waals surface area contributed by atoms with Gasteiger partial charge in [-0.1, -0.05) is 54.1 Å². The summed E-state index contributed by atoms with van der Waals surface area (Å²) < 4.78 is 1.94. The van der Waals surface area contributed by atoms with Gasteiger partial charge >= 0.3 is 0 Å². The highest BCUT2D eigenvalue weighted by atomic mass is 16.3. The number of aryl methyl sites for hydroxylation is 1. The molecule has 0 radical (unpaired) electrons. The van der Waals surface area contributed by atoms with Crippen LogP contribution in [0.1, 0.15) is 28.6 Å². The van der Waals surface area contributed by atoms with E-state index in [0.717, 1.165) is 31.9 Å².